The molecule has 0 bridgehead atoms. The molecule has 0 saturated carbocycles. The van der Waals surface area contributed by atoms with Crippen molar-refractivity contribution in [2.24, 2.45) is 0 Å². The van der Waals surface area contributed by atoms with E-state index < -0.39 is 0 Å². The number of pyridine rings is 1. The number of aryl methyl sites for hydroxylation is 1. The molecule has 4 rings (SSSR count). The van der Waals surface area contributed by atoms with Crippen molar-refractivity contribution in [3.05, 3.63) is 66.7 Å². The molecule has 4 aromatic rings. The molecule has 4 N–H and O–H groups in total. The van der Waals surface area contributed by atoms with Crippen molar-refractivity contribution < 1.29 is 4.57 Å². The normalized spacial score (nSPS) is 10.6. The Morgan fingerprint density at radius 2 is 1.38 bits per heavy atom. The average Bonchev–Trinajstić information content (AvgIpc) is 2.68. The Bertz CT molecular complexity index is 1060. The average molecular weight is 409 g/mol. The number of hydrogen-bond acceptors (Lipinski definition) is 2. The van der Waals surface area contributed by atoms with Crippen LogP contribution in [0.1, 0.15) is 6.92 Å². The van der Waals surface area contributed by atoms with Gasteiger partial charge in [-0.2, -0.15) is 4.57 Å². The molecule has 0 amide bonds. The van der Waals surface area contributed by atoms with Gasteiger partial charge in [-0.05, 0) is 49.2 Å². The quantitative estimate of drug-likeness (QED) is 0.208. The van der Waals surface area contributed by atoms with Gasteiger partial charge in [0.15, 0.2) is 0 Å². The Hall–Kier alpha value is -2.59. The van der Waals surface area contributed by atoms with Crippen molar-refractivity contribution in [1.82, 2.24) is 0 Å². The summed E-state index contributed by atoms with van der Waals surface area (Å²) >= 11 is 2.94. The number of benzene rings is 3. The zero-order chi connectivity index (χ0) is 18.7. The fourth-order valence-electron chi connectivity index (χ4n) is 3.49. The van der Waals surface area contributed by atoms with E-state index in [0.717, 1.165) is 23.4 Å². The summed E-state index contributed by atoms with van der Waals surface area (Å²) in [4.78, 5) is 0. The van der Waals surface area contributed by atoms with E-state index in [1.807, 2.05) is 24.0 Å². The number of nitrogens with zero attached hydrogens (tertiary/aromatic N) is 1. The first-order valence-electron chi connectivity index (χ1n) is 8.56. The highest BCUT2D eigenvalue weighted by molar-refractivity contribution is 9.08. The van der Waals surface area contributed by atoms with Crippen molar-refractivity contribution in [2.45, 2.75) is 13.5 Å². The molecule has 3 aromatic carbocycles. The molecule has 0 fully saturated rings. The molecule has 0 atom stereocenters. The maximum absolute atomic E-state index is 6.10. The first-order chi connectivity index (χ1) is 12.7. The Labute approximate surface area is 162 Å². The number of halogens is 1. The minimum atomic E-state index is 0.775. The largest absolute Gasteiger partial charge is 0.399 e. The predicted molar refractivity (Wildman–Crippen MR) is 116 cm³/mol. The lowest BCUT2D eigenvalue weighted by atomic mass is 9.98. The van der Waals surface area contributed by atoms with Crippen LogP contribution < -0.4 is 16.0 Å². The van der Waals surface area contributed by atoms with E-state index in [-0.39, 0.29) is 0 Å². The monoisotopic (exact) mass is 408 g/mol. The number of rotatable bonds is 2. The first kappa shape index (κ1) is 18.2. The molecule has 132 valence electrons. The van der Waals surface area contributed by atoms with Gasteiger partial charge < -0.3 is 11.5 Å². The van der Waals surface area contributed by atoms with Gasteiger partial charge in [0, 0.05) is 28.4 Å². The molecular formula is C22H23BrN3+. The van der Waals surface area contributed by atoms with Crippen LogP contribution in [0.25, 0.3) is 32.9 Å². The number of hydrogen-bond donors (Lipinski definition) is 2. The van der Waals surface area contributed by atoms with Gasteiger partial charge in [-0.25, -0.2) is 0 Å². The SMILES string of the molecule is CBr.CC[n+]1c(-c2ccccc2)c2cc(N)ccc2c2ccc(N)cc21. The molecular weight excluding hydrogens is 386 g/mol. The molecule has 1 aromatic heterocycles. The second-order valence-corrected chi connectivity index (χ2v) is 6.04. The molecule has 0 aliphatic rings. The Balaban J connectivity index is 0.000000948. The molecule has 4 heteroatoms. The third-order valence-corrected chi connectivity index (χ3v) is 4.53. The van der Waals surface area contributed by atoms with E-state index in [1.54, 1.807) is 0 Å². The van der Waals surface area contributed by atoms with Crippen molar-refractivity contribution in [1.29, 1.82) is 0 Å². The number of nitrogen functional groups attached to an aromatic ring is 2. The van der Waals surface area contributed by atoms with Crippen molar-refractivity contribution in [3.8, 4) is 11.3 Å². The van der Waals surface area contributed by atoms with Crippen LogP contribution in [0, 0.1) is 0 Å². The summed E-state index contributed by atoms with van der Waals surface area (Å²) < 4.78 is 2.32. The smallest absolute Gasteiger partial charge is 0.220 e. The lowest BCUT2D eigenvalue weighted by Crippen LogP contribution is -2.36. The van der Waals surface area contributed by atoms with Crippen LogP contribution >= 0.6 is 15.9 Å². The van der Waals surface area contributed by atoms with Crippen LogP contribution in [-0.2, 0) is 6.54 Å². The molecule has 0 spiro atoms. The molecule has 26 heavy (non-hydrogen) atoms. The van der Waals surface area contributed by atoms with Crippen molar-refractivity contribution in [2.75, 3.05) is 17.3 Å². The summed E-state index contributed by atoms with van der Waals surface area (Å²) in [6, 6.07) is 22.7. The van der Waals surface area contributed by atoms with Crippen LogP contribution in [0.15, 0.2) is 66.7 Å². The number of aromatic nitrogens is 1. The molecule has 0 radical (unpaired) electrons. The van der Waals surface area contributed by atoms with Gasteiger partial charge in [0.2, 0.25) is 11.2 Å². The zero-order valence-electron chi connectivity index (χ0n) is 15.0. The van der Waals surface area contributed by atoms with Gasteiger partial charge in [0.05, 0.1) is 10.8 Å². The number of nitrogens with two attached hydrogens (primary N) is 2. The summed E-state index contributed by atoms with van der Waals surface area (Å²) in [5.74, 6) is 1.81. The summed E-state index contributed by atoms with van der Waals surface area (Å²) in [7, 11) is 0. The van der Waals surface area contributed by atoms with Gasteiger partial charge in [0.25, 0.3) is 0 Å². The van der Waals surface area contributed by atoms with Gasteiger partial charge in [-0.15, -0.1) is 0 Å². The van der Waals surface area contributed by atoms with E-state index in [0.29, 0.717) is 0 Å². The third kappa shape index (κ3) is 3.13. The topological polar surface area (TPSA) is 55.9 Å². The second-order valence-electron chi connectivity index (χ2n) is 6.04. The summed E-state index contributed by atoms with van der Waals surface area (Å²) in [5, 5.41) is 3.56. The Morgan fingerprint density at radius 3 is 2.04 bits per heavy atom. The molecule has 3 nitrogen and oxygen atoms in total. The fourth-order valence-corrected chi connectivity index (χ4v) is 3.49. The molecule has 0 aliphatic carbocycles. The Kier molecular flexibility index (Phi) is 5.43. The van der Waals surface area contributed by atoms with Crippen LogP contribution in [0.5, 0.6) is 0 Å². The number of fused-ring (bicyclic) bond motifs is 3. The van der Waals surface area contributed by atoms with E-state index in [4.69, 9.17) is 11.5 Å². The van der Waals surface area contributed by atoms with Crippen LogP contribution in [0.4, 0.5) is 11.4 Å². The lowest BCUT2D eigenvalue weighted by Gasteiger charge is -2.12. The maximum atomic E-state index is 6.10. The Morgan fingerprint density at radius 1 is 0.769 bits per heavy atom. The van der Waals surface area contributed by atoms with E-state index in [1.165, 1.54) is 27.4 Å². The molecule has 1 heterocycles. The maximum Gasteiger partial charge on any atom is 0.220 e. The van der Waals surface area contributed by atoms with Gasteiger partial charge in [0.1, 0.15) is 6.54 Å². The number of anilines is 2. The number of alkyl halides is 1. The third-order valence-electron chi connectivity index (χ3n) is 4.53. The first-order valence-corrected chi connectivity index (χ1v) is 10.1. The minimum absolute atomic E-state index is 0.775. The van der Waals surface area contributed by atoms with Gasteiger partial charge >= 0.3 is 0 Å². The van der Waals surface area contributed by atoms with Crippen LogP contribution in [0.3, 0.4) is 0 Å². The van der Waals surface area contributed by atoms with Crippen molar-refractivity contribution >= 4 is 49.0 Å². The van der Waals surface area contributed by atoms with Gasteiger partial charge in [-0.1, -0.05) is 40.2 Å². The van der Waals surface area contributed by atoms with Gasteiger partial charge in [-0.3, -0.25) is 0 Å². The predicted octanol–water partition coefficient (Wildman–Crippen LogP) is 5.14. The highest BCUT2D eigenvalue weighted by Gasteiger charge is 2.22. The molecule has 0 unspecified atom stereocenters. The van der Waals surface area contributed by atoms with Crippen LogP contribution in [-0.4, -0.2) is 5.83 Å². The van der Waals surface area contributed by atoms with E-state index in [2.05, 4.69) is 76.0 Å². The van der Waals surface area contributed by atoms with E-state index >= 15 is 0 Å². The highest BCUT2D eigenvalue weighted by atomic mass is 79.9. The summed E-state index contributed by atoms with van der Waals surface area (Å²) in [6.45, 7) is 3.02. The highest BCUT2D eigenvalue weighted by Crippen LogP contribution is 2.33. The second kappa shape index (κ2) is 7.75. The minimum Gasteiger partial charge on any atom is -0.399 e. The molecule has 0 aliphatic heterocycles. The standard InChI is InChI=1S/C21H19N3.CH3Br/c1-2-24-20-13-16(23)9-11-18(20)17-10-8-15(22)12-19(17)21(24)14-6-4-3-5-7-14;1-2/h3-13,23H,2,22H2,1H3;1H3/p+1. The molecule has 0 saturated heterocycles. The fraction of sp³-hybridized carbons (Fsp3) is 0.136. The van der Waals surface area contributed by atoms with Crippen molar-refractivity contribution in [3.63, 3.8) is 0 Å². The summed E-state index contributed by atoms with van der Waals surface area (Å²) in [6.07, 6.45) is 0. The lowest BCUT2D eigenvalue weighted by molar-refractivity contribution is -0.655. The summed E-state index contributed by atoms with van der Waals surface area (Å²) in [5.41, 5.74) is 17.2. The zero-order valence-corrected chi connectivity index (χ0v) is 16.6. The van der Waals surface area contributed by atoms with Crippen LogP contribution in [0.2, 0.25) is 0 Å². The van der Waals surface area contributed by atoms with E-state index in [9.17, 15) is 0 Å².